The second kappa shape index (κ2) is 9.55. The molecule has 0 bridgehead atoms. The largest absolute Gasteiger partial charge is 0.412 e. The summed E-state index contributed by atoms with van der Waals surface area (Å²) in [6, 6.07) is 2.63. The Bertz CT molecular complexity index is 395. The van der Waals surface area contributed by atoms with Gasteiger partial charge in [-0.25, -0.2) is 0 Å². The van der Waals surface area contributed by atoms with Crippen molar-refractivity contribution in [3.8, 4) is 0 Å². The smallest absolute Gasteiger partial charge is 0.0787 e. The van der Waals surface area contributed by atoms with Crippen molar-refractivity contribution < 1.29 is 11.0 Å². The van der Waals surface area contributed by atoms with Crippen molar-refractivity contribution >= 4 is 11.4 Å². The van der Waals surface area contributed by atoms with Crippen LogP contribution in [0.2, 0.25) is 0 Å². The van der Waals surface area contributed by atoms with Crippen LogP contribution in [0, 0.1) is 0 Å². The van der Waals surface area contributed by atoms with Crippen LogP contribution >= 0.6 is 0 Å². The topological polar surface area (TPSA) is 108 Å². The Labute approximate surface area is 127 Å². The molecule has 2 heterocycles. The van der Waals surface area contributed by atoms with E-state index < -0.39 is 0 Å². The van der Waals surface area contributed by atoms with Crippen molar-refractivity contribution in [3.63, 3.8) is 0 Å². The lowest BCUT2D eigenvalue weighted by Gasteiger charge is -2.40. The predicted molar refractivity (Wildman–Crippen MR) is 88.7 cm³/mol. The van der Waals surface area contributed by atoms with Gasteiger partial charge in [0.25, 0.3) is 0 Å². The number of nitrogen functional groups attached to an aromatic ring is 1. The number of hydrogen-bond donors (Lipinski definition) is 1. The first-order chi connectivity index (χ1) is 9.26. The maximum atomic E-state index is 6.02. The highest BCUT2D eigenvalue weighted by Crippen LogP contribution is 2.23. The van der Waals surface area contributed by atoms with Crippen LogP contribution in [0.25, 0.3) is 0 Å². The quantitative estimate of drug-likeness (QED) is 0.863. The average Bonchev–Trinajstić information content (AvgIpc) is 2.46. The van der Waals surface area contributed by atoms with Crippen LogP contribution in [-0.2, 0) is 0 Å². The van der Waals surface area contributed by atoms with Crippen molar-refractivity contribution in [2.45, 2.75) is 39.2 Å². The van der Waals surface area contributed by atoms with Gasteiger partial charge in [-0.1, -0.05) is 20.3 Å². The summed E-state index contributed by atoms with van der Waals surface area (Å²) in [4.78, 5) is 9.18. The van der Waals surface area contributed by atoms with Gasteiger partial charge in [-0.15, -0.1) is 0 Å². The minimum Gasteiger partial charge on any atom is -0.412 e. The van der Waals surface area contributed by atoms with Crippen LogP contribution < -0.4 is 10.6 Å². The third-order valence-electron chi connectivity index (χ3n) is 4.10. The fourth-order valence-electron chi connectivity index (χ4n) is 2.97. The number of rotatable bonds is 5. The Hall–Kier alpha value is -1.37. The van der Waals surface area contributed by atoms with Crippen molar-refractivity contribution in [2.75, 3.05) is 36.8 Å². The van der Waals surface area contributed by atoms with Gasteiger partial charge < -0.3 is 21.6 Å². The second-order valence-corrected chi connectivity index (χ2v) is 5.31. The summed E-state index contributed by atoms with van der Waals surface area (Å²) in [6.07, 6.45) is 7.47. The molecule has 1 atom stereocenters. The fraction of sp³-hybridized carbons (Fsp3) is 0.667. The average molecular weight is 298 g/mol. The summed E-state index contributed by atoms with van der Waals surface area (Å²) in [6.45, 7) is 8.94. The second-order valence-electron chi connectivity index (χ2n) is 5.31. The lowest BCUT2D eigenvalue weighted by atomic mass is 10.1. The molecule has 1 unspecified atom stereocenters. The van der Waals surface area contributed by atoms with Crippen molar-refractivity contribution in [1.82, 2.24) is 9.88 Å². The van der Waals surface area contributed by atoms with Gasteiger partial charge in [0.05, 0.1) is 17.6 Å². The van der Waals surface area contributed by atoms with Gasteiger partial charge in [0.2, 0.25) is 0 Å². The molecule has 0 aliphatic carbocycles. The van der Waals surface area contributed by atoms with Crippen LogP contribution in [0.3, 0.4) is 0 Å². The molecule has 1 aliphatic rings. The molecular weight excluding hydrogens is 268 g/mol. The van der Waals surface area contributed by atoms with E-state index in [2.05, 4.69) is 28.6 Å². The van der Waals surface area contributed by atoms with Crippen LogP contribution in [0.4, 0.5) is 11.4 Å². The van der Waals surface area contributed by atoms with Crippen molar-refractivity contribution in [1.29, 1.82) is 0 Å². The molecule has 1 aromatic rings. The Morgan fingerprint density at radius 3 is 2.38 bits per heavy atom. The van der Waals surface area contributed by atoms with E-state index in [1.54, 1.807) is 6.20 Å². The van der Waals surface area contributed by atoms with Gasteiger partial charge in [-0.2, -0.15) is 0 Å². The molecule has 0 amide bonds. The van der Waals surface area contributed by atoms with E-state index in [9.17, 15) is 0 Å². The summed E-state index contributed by atoms with van der Waals surface area (Å²) < 4.78 is 0. The third kappa shape index (κ3) is 4.84. The molecule has 2 rings (SSSR count). The third-order valence-corrected chi connectivity index (χ3v) is 4.10. The van der Waals surface area contributed by atoms with E-state index in [4.69, 9.17) is 5.73 Å². The van der Waals surface area contributed by atoms with Gasteiger partial charge in [0.1, 0.15) is 0 Å². The minimum atomic E-state index is 0. The summed E-state index contributed by atoms with van der Waals surface area (Å²) in [5.41, 5.74) is 7.95. The fourth-order valence-corrected chi connectivity index (χ4v) is 2.97. The highest BCUT2D eigenvalue weighted by atomic mass is 16.0. The Balaban J connectivity index is 0.00000200. The number of pyridine rings is 1. The van der Waals surface area contributed by atoms with E-state index in [0.717, 1.165) is 43.6 Å². The molecule has 0 spiro atoms. The van der Waals surface area contributed by atoms with Crippen LogP contribution in [0.15, 0.2) is 18.5 Å². The van der Waals surface area contributed by atoms with E-state index in [0.29, 0.717) is 0 Å². The summed E-state index contributed by atoms with van der Waals surface area (Å²) >= 11 is 0. The van der Waals surface area contributed by atoms with Crippen molar-refractivity contribution in [3.05, 3.63) is 18.5 Å². The van der Waals surface area contributed by atoms with Crippen LogP contribution in [-0.4, -0.2) is 53.1 Å². The molecule has 6 N–H and O–H groups in total. The normalized spacial score (nSPS) is 16.8. The van der Waals surface area contributed by atoms with Gasteiger partial charge in [0.15, 0.2) is 0 Å². The van der Waals surface area contributed by atoms with E-state index in [1.807, 2.05) is 12.3 Å². The molecule has 1 aromatic heterocycles. The number of hydrogen-bond acceptors (Lipinski definition) is 4. The first kappa shape index (κ1) is 19.6. The highest BCUT2D eigenvalue weighted by Gasteiger charge is 2.23. The number of piperazine rings is 1. The Kier molecular flexibility index (Phi) is 8.92. The lowest BCUT2D eigenvalue weighted by molar-refractivity contribution is 0.170. The number of aromatic nitrogens is 1. The van der Waals surface area contributed by atoms with E-state index in [1.165, 1.54) is 19.3 Å². The number of anilines is 2. The molecule has 6 heteroatoms. The molecule has 1 saturated heterocycles. The first-order valence-electron chi connectivity index (χ1n) is 7.44. The molecule has 6 nitrogen and oxygen atoms in total. The van der Waals surface area contributed by atoms with Gasteiger partial charge in [-0.05, 0) is 18.9 Å². The molecule has 1 fully saturated rings. The zero-order chi connectivity index (χ0) is 13.7. The SMILES string of the molecule is CCCC(CC)N1CCN(c2cnccc2N)CC1.O.O. The monoisotopic (exact) mass is 298 g/mol. The highest BCUT2D eigenvalue weighted by molar-refractivity contribution is 5.66. The van der Waals surface area contributed by atoms with Crippen LogP contribution in [0.5, 0.6) is 0 Å². The molecule has 0 aromatic carbocycles. The predicted octanol–water partition coefficient (Wildman–Crippen LogP) is 0.715. The summed E-state index contributed by atoms with van der Waals surface area (Å²) in [5.74, 6) is 0. The Morgan fingerprint density at radius 1 is 1.19 bits per heavy atom. The van der Waals surface area contributed by atoms with Gasteiger partial charge in [-0.3, -0.25) is 9.88 Å². The first-order valence-corrected chi connectivity index (χ1v) is 7.44. The molecule has 21 heavy (non-hydrogen) atoms. The van der Waals surface area contributed by atoms with Crippen molar-refractivity contribution in [2.24, 2.45) is 0 Å². The zero-order valence-corrected chi connectivity index (χ0v) is 13.2. The minimum absolute atomic E-state index is 0. The summed E-state index contributed by atoms with van der Waals surface area (Å²) in [5, 5.41) is 0. The Morgan fingerprint density at radius 2 is 1.86 bits per heavy atom. The summed E-state index contributed by atoms with van der Waals surface area (Å²) in [7, 11) is 0. The molecule has 0 radical (unpaired) electrons. The standard InChI is InChI=1S/C15H26N4.2H2O/c1-3-5-13(4-2)18-8-10-19(11-9-18)15-12-17-7-6-14(15)16;;/h6-7,12-13H,3-5,8-11H2,1-2H3,(H2,16,17);2*1H2. The lowest BCUT2D eigenvalue weighted by Crippen LogP contribution is -2.50. The van der Waals surface area contributed by atoms with E-state index in [-0.39, 0.29) is 11.0 Å². The molecule has 122 valence electrons. The van der Waals surface area contributed by atoms with Gasteiger partial charge >= 0.3 is 0 Å². The zero-order valence-electron chi connectivity index (χ0n) is 13.2. The molecule has 1 aliphatic heterocycles. The maximum Gasteiger partial charge on any atom is 0.0787 e. The number of nitrogens with zero attached hydrogens (tertiary/aromatic N) is 3. The molecular formula is C15H30N4O2. The molecule has 0 saturated carbocycles. The maximum absolute atomic E-state index is 6.02. The van der Waals surface area contributed by atoms with E-state index >= 15 is 0 Å². The van der Waals surface area contributed by atoms with Gasteiger partial charge in [0, 0.05) is 38.4 Å². The van der Waals surface area contributed by atoms with Crippen LogP contribution in [0.1, 0.15) is 33.1 Å². The number of nitrogens with two attached hydrogens (primary N) is 1.